The van der Waals surface area contributed by atoms with Gasteiger partial charge in [-0.15, -0.1) is 0 Å². The number of ether oxygens (including phenoxy) is 1. The van der Waals surface area contributed by atoms with Crippen LogP contribution in [0.25, 0.3) is 0 Å². The van der Waals surface area contributed by atoms with Gasteiger partial charge in [0.2, 0.25) is 11.8 Å². The van der Waals surface area contributed by atoms with Crippen molar-refractivity contribution in [2.75, 3.05) is 13.6 Å². The van der Waals surface area contributed by atoms with Gasteiger partial charge in [-0.3, -0.25) is 9.59 Å². The Bertz CT molecular complexity index is 631. The first-order chi connectivity index (χ1) is 11.7. The fourth-order valence-corrected chi connectivity index (χ4v) is 1.17. The molecule has 1 rings (SSSR count). The Morgan fingerprint density at radius 3 is 2.89 bits per heavy atom. The van der Waals surface area contributed by atoms with E-state index in [1.165, 1.54) is 12.1 Å². The zero-order valence-corrected chi connectivity index (χ0v) is 9.40. The molecule has 0 bridgehead atoms. The van der Waals surface area contributed by atoms with Gasteiger partial charge in [-0.1, -0.05) is 30.3 Å². The molecule has 0 radical (unpaired) electrons. The van der Waals surface area contributed by atoms with Crippen LogP contribution in [0.3, 0.4) is 0 Å². The number of hydrogen-bond acceptors (Lipinski definition) is 3. The van der Waals surface area contributed by atoms with E-state index in [9.17, 15) is 9.59 Å². The number of carbonyl (C=O) groups excluding carboxylic acids is 2. The van der Waals surface area contributed by atoms with Crippen LogP contribution in [0.4, 0.5) is 0 Å². The predicted octanol–water partition coefficient (Wildman–Crippen LogP) is 0.454. The summed E-state index contributed by atoms with van der Waals surface area (Å²) in [7, 11) is -2.89. The quantitative estimate of drug-likeness (QED) is 0.778. The lowest BCUT2D eigenvalue weighted by Crippen LogP contribution is -2.48. The van der Waals surface area contributed by atoms with Crippen molar-refractivity contribution in [2.45, 2.75) is 19.4 Å². The van der Waals surface area contributed by atoms with Gasteiger partial charge >= 0.3 is 0 Å². The van der Waals surface area contributed by atoms with E-state index in [2.05, 4.69) is 4.74 Å². The van der Waals surface area contributed by atoms with Crippen LogP contribution in [0.2, 0.25) is 0 Å². The van der Waals surface area contributed by atoms with Crippen LogP contribution in [0.15, 0.2) is 30.3 Å². The number of amides is 2. The van der Waals surface area contributed by atoms with E-state index in [0.29, 0.717) is 0 Å². The highest BCUT2D eigenvalue weighted by atomic mass is 16.5. The van der Waals surface area contributed by atoms with E-state index in [4.69, 9.17) is 11.0 Å². The Kier molecular flexibility index (Phi) is 2.62. The molecule has 98 valence electrons. The summed E-state index contributed by atoms with van der Waals surface area (Å²) >= 11 is 0. The lowest BCUT2D eigenvalue weighted by atomic mass is 10.2. The molecule has 0 saturated carbocycles. The number of nitrogens with one attached hydrogen (secondary N) is 2. The van der Waals surface area contributed by atoms with E-state index < -0.39 is 44.8 Å². The average molecular weight is 258 g/mol. The summed E-state index contributed by atoms with van der Waals surface area (Å²) in [5.41, 5.74) is 0.103. The van der Waals surface area contributed by atoms with Crippen LogP contribution in [0.5, 0.6) is 0 Å². The third-order valence-electron chi connectivity index (χ3n) is 1.98. The molecule has 0 spiro atoms. The molecule has 1 aromatic carbocycles. The van der Waals surface area contributed by atoms with Gasteiger partial charge in [0.15, 0.2) is 0 Å². The summed E-state index contributed by atoms with van der Waals surface area (Å²) in [4.78, 5) is 23.9. The standard InChI is InChI=1S/C13H18N2O3/c1-10(16)15-12(9-18-2)13(17)14-8-11-6-4-3-5-7-11/h3-7,12H,8-9H2,1-2H3,(H,14,17)(H,15,16)/i1D3,2D3,8D2. The Morgan fingerprint density at radius 1 is 1.44 bits per heavy atom. The largest absolute Gasteiger partial charge is 0.382 e. The molecule has 5 nitrogen and oxygen atoms in total. The molecule has 0 aliphatic carbocycles. The SMILES string of the molecule is [2H]C([2H])([2H])OCC(NC(=O)C([2H])([2H])[2H])C(=O)NC([2H])([2H])c1ccccc1. The van der Waals surface area contributed by atoms with Crippen molar-refractivity contribution < 1.29 is 25.3 Å². The summed E-state index contributed by atoms with van der Waals surface area (Å²) in [6, 6.07) is 5.84. The van der Waals surface area contributed by atoms with Gasteiger partial charge in [0.25, 0.3) is 0 Å². The number of hydrogen-bond donors (Lipinski definition) is 2. The minimum absolute atomic E-state index is 0.103. The Morgan fingerprint density at radius 2 is 2.22 bits per heavy atom. The summed E-state index contributed by atoms with van der Waals surface area (Å²) in [6.07, 6.45) is 0. The van der Waals surface area contributed by atoms with Gasteiger partial charge in [0.1, 0.15) is 6.04 Å². The summed E-state index contributed by atoms with van der Waals surface area (Å²) in [6.45, 7) is -6.28. The van der Waals surface area contributed by atoms with Crippen LogP contribution in [0, 0.1) is 0 Å². The van der Waals surface area contributed by atoms with E-state index in [-0.39, 0.29) is 5.56 Å². The van der Waals surface area contributed by atoms with Crippen molar-refractivity contribution in [1.29, 1.82) is 0 Å². The van der Waals surface area contributed by atoms with Crippen LogP contribution in [-0.2, 0) is 20.8 Å². The molecule has 0 fully saturated rings. The molecular formula is C13H18N2O3. The molecule has 5 heteroatoms. The molecule has 1 unspecified atom stereocenters. The van der Waals surface area contributed by atoms with Gasteiger partial charge in [-0.25, -0.2) is 0 Å². The number of methoxy groups -OCH3 is 1. The van der Waals surface area contributed by atoms with Crippen LogP contribution < -0.4 is 10.6 Å². The Balaban J connectivity index is 2.93. The maximum absolute atomic E-state index is 12.3. The van der Waals surface area contributed by atoms with Crippen molar-refractivity contribution >= 4 is 11.8 Å². The topological polar surface area (TPSA) is 67.4 Å². The summed E-state index contributed by atoms with van der Waals surface area (Å²) < 4.78 is 62.2. The van der Waals surface area contributed by atoms with Crippen molar-refractivity contribution in [1.82, 2.24) is 10.6 Å². The van der Waals surface area contributed by atoms with Crippen LogP contribution in [0.1, 0.15) is 23.4 Å². The van der Waals surface area contributed by atoms with Crippen LogP contribution >= 0.6 is 0 Å². The predicted molar refractivity (Wildman–Crippen MR) is 67.8 cm³/mol. The van der Waals surface area contributed by atoms with E-state index >= 15 is 0 Å². The van der Waals surface area contributed by atoms with Gasteiger partial charge in [0.05, 0.1) is 13.5 Å². The van der Waals surface area contributed by atoms with E-state index in [1.807, 2.05) is 10.6 Å². The number of rotatable bonds is 6. The number of benzene rings is 1. The smallest absolute Gasteiger partial charge is 0.245 e. The van der Waals surface area contributed by atoms with Crippen LogP contribution in [-0.4, -0.2) is 31.5 Å². The van der Waals surface area contributed by atoms with Gasteiger partial charge in [-0.05, 0) is 5.56 Å². The molecule has 1 atom stereocenters. The van der Waals surface area contributed by atoms with E-state index in [1.54, 1.807) is 18.2 Å². The Hall–Kier alpha value is -1.88. The van der Waals surface area contributed by atoms with E-state index in [0.717, 1.165) is 0 Å². The molecule has 0 aliphatic rings. The highest BCUT2D eigenvalue weighted by molar-refractivity contribution is 5.86. The second-order valence-electron chi connectivity index (χ2n) is 3.32. The second-order valence-corrected chi connectivity index (χ2v) is 3.32. The second kappa shape index (κ2) is 7.45. The third-order valence-corrected chi connectivity index (χ3v) is 1.98. The molecule has 0 aliphatic heterocycles. The molecule has 0 aromatic heterocycles. The minimum atomic E-state index is -3.07. The van der Waals surface area contributed by atoms with Crippen molar-refractivity contribution in [3.8, 4) is 0 Å². The van der Waals surface area contributed by atoms with Gasteiger partial charge in [0, 0.05) is 24.5 Å². The van der Waals surface area contributed by atoms with Gasteiger partial charge < -0.3 is 15.4 Å². The maximum atomic E-state index is 12.3. The average Bonchev–Trinajstić information content (AvgIpc) is 2.49. The lowest BCUT2D eigenvalue weighted by Gasteiger charge is -2.16. The maximum Gasteiger partial charge on any atom is 0.245 e. The zero-order valence-electron chi connectivity index (χ0n) is 17.4. The molecule has 18 heavy (non-hydrogen) atoms. The lowest BCUT2D eigenvalue weighted by molar-refractivity contribution is -0.129. The molecule has 0 heterocycles. The van der Waals surface area contributed by atoms with Gasteiger partial charge in [-0.2, -0.15) is 0 Å². The first-order valence-electron chi connectivity index (χ1n) is 9.05. The Labute approximate surface area is 118 Å². The first-order valence-corrected chi connectivity index (χ1v) is 5.05. The highest BCUT2D eigenvalue weighted by Gasteiger charge is 2.18. The fourth-order valence-electron chi connectivity index (χ4n) is 1.17. The molecular weight excluding hydrogens is 232 g/mol. The monoisotopic (exact) mass is 258 g/mol. The van der Waals surface area contributed by atoms with Crippen molar-refractivity contribution in [2.24, 2.45) is 0 Å². The van der Waals surface area contributed by atoms with Crippen molar-refractivity contribution in [3.05, 3.63) is 35.9 Å². The normalized spacial score (nSPS) is 20.4. The third kappa shape index (κ3) is 4.97. The fraction of sp³-hybridized carbons (Fsp3) is 0.385. The molecule has 0 saturated heterocycles. The molecule has 1 aromatic rings. The zero-order chi connectivity index (χ0) is 20.2. The number of carbonyl (C=O) groups is 2. The molecule has 2 amide bonds. The summed E-state index contributed by atoms with van der Waals surface area (Å²) in [5, 5.41) is 3.85. The molecule has 2 N–H and O–H groups in total. The summed E-state index contributed by atoms with van der Waals surface area (Å²) in [5.74, 6) is -2.63. The minimum Gasteiger partial charge on any atom is -0.382 e. The highest BCUT2D eigenvalue weighted by Crippen LogP contribution is 1.97. The first kappa shape index (κ1) is 6.33. The van der Waals surface area contributed by atoms with Crippen molar-refractivity contribution in [3.63, 3.8) is 0 Å².